The fourth-order valence-corrected chi connectivity index (χ4v) is 1.76. The van der Waals surface area contributed by atoms with Crippen molar-refractivity contribution in [1.29, 1.82) is 0 Å². The van der Waals surface area contributed by atoms with Gasteiger partial charge in [-0.05, 0) is 18.1 Å². The molecule has 0 aliphatic carbocycles. The predicted molar refractivity (Wildman–Crippen MR) is 54.9 cm³/mol. The zero-order valence-corrected chi connectivity index (χ0v) is 8.21. The molecular weight excluding hydrogens is 176 g/mol. The molecule has 0 aromatic heterocycles. The van der Waals surface area contributed by atoms with Gasteiger partial charge in [0.15, 0.2) is 0 Å². The van der Waals surface area contributed by atoms with E-state index >= 15 is 0 Å². The normalized spacial score (nSPS) is 21.8. The van der Waals surface area contributed by atoms with E-state index in [9.17, 15) is 4.79 Å². The summed E-state index contributed by atoms with van der Waals surface area (Å²) in [5.41, 5.74) is 2.54. The Kier molecular flexibility index (Phi) is 2.50. The van der Waals surface area contributed by atoms with E-state index in [1.807, 2.05) is 12.1 Å². The van der Waals surface area contributed by atoms with Crippen molar-refractivity contribution < 1.29 is 4.79 Å². The molecule has 2 N–H and O–H groups in total. The molecule has 1 aliphatic rings. The molecule has 1 aliphatic heterocycles. The van der Waals surface area contributed by atoms with Gasteiger partial charge in [0.25, 0.3) is 0 Å². The number of carbonyl (C=O) groups excluding carboxylic acids is 1. The lowest BCUT2D eigenvalue weighted by molar-refractivity contribution is -0.121. The third-order valence-corrected chi connectivity index (χ3v) is 2.58. The molecular formula is C11H14N2O. The fourth-order valence-electron chi connectivity index (χ4n) is 1.76. The maximum Gasteiger partial charge on any atom is 0.234 e. The van der Waals surface area contributed by atoms with Gasteiger partial charge >= 0.3 is 0 Å². The van der Waals surface area contributed by atoms with Gasteiger partial charge in [0.2, 0.25) is 5.91 Å². The molecule has 1 aromatic rings. The molecule has 14 heavy (non-hydrogen) atoms. The van der Waals surface area contributed by atoms with Crippen molar-refractivity contribution in [1.82, 2.24) is 10.6 Å². The zero-order valence-electron chi connectivity index (χ0n) is 8.21. The van der Waals surface area contributed by atoms with Gasteiger partial charge in [0.1, 0.15) is 0 Å². The number of rotatable bonds is 1. The number of aryl methyl sites for hydroxylation is 1. The maximum atomic E-state index is 11.0. The summed E-state index contributed by atoms with van der Waals surface area (Å²) in [7, 11) is 0. The van der Waals surface area contributed by atoms with Crippen LogP contribution >= 0.6 is 0 Å². The lowest BCUT2D eigenvalue weighted by atomic mass is 10.0. The second-order valence-electron chi connectivity index (χ2n) is 3.59. The number of benzene rings is 1. The van der Waals surface area contributed by atoms with Crippen LogP contribution in [-0.2, 0) is 4.79 Å². The Hall–Kier alpha value is -1.35. The van der Waals surface area contributed by atoms with E-state index in [0.29, 0.717) is 13.1 Å². The lowest BCUT2D eigenvalue weighted by Gasteiger charge is -2.25. The number of hydrogen-bond acceptors (Lipinski definition) is 2. The second-order valence-corrected chi connectivity index (χ2v) is 3.59. The van der Waals surface area contributed by atoms with Crippen LogP contribution in [0.5, 0.6) is 0 Å². The Morgan fingerprint density at radius 2 is 2.14 bits per heavy atom. The summed E-state index contributed by atoms with van der Waals surface area (Å²) in [5, 5.41) is 6.07. The third kappa shape index (κ3) is 1.77. The van der Waals surface area contributed by atoms with Crippen LogP contribution in [0, 0.1) is 6.92 Å². The minimum Gasteiger partial charge on any atom is -0.353 e. The van der Waals surface area contributed by atoms with Crippen LogP contribution in [0.1, 0.15) is 17.2 Å². The highest BCUT2D eigenvalue weighted by molar-refractivity contribution is 5.78. The van der Waals surface area contributed by atoms with E-state index in [2.05, 4.69) is 29.7 Å². The summed E-state index contributed by atoms with van der Waals surface area (Å²) >= 11 is 0. The Bertz CT molecular complexity index is 339. The number of carbonyl (C=O) groups is 1. The topological polar surface area (TPSA) is 41.1 Å². The van der Waals surface area contributed by atoms with Crippen LogP contribution in [0.2, 0.25) is 0 Å². The van der Waals surface area contributed by atoms with E-state index in [1.165, 1.54) is 11.1 Å². The molecule has 3 heteroatoms. The van der Waals surface area contributed by atoms with Crippen molar-refractivity contribution in [3.8, 4) is 0 Å². The molecule has 1 atom stereocenters. The number of piperazine rings is 1. The van der Waals surface area contributed by atoms with Crippen molar-refractivity contribution in [2.75, 3.05) is 13.1 Å². The molecule has 1 heterocycles. The standard InChI is InChI=1S/C11H14N2O/c1-8-4-2-3-5-9(8)10-6-13-11(14)7-12-10/h2-5,10,12H,6-7H2,1H3,(H,13,14). The predicted octanol–water partition coefficient (Wildman–Crippen LogP) is 0.756. The molecule has 0 saturated carbocycles. The summed E-state index contributed by atoms with van der Waals surface area (Å²) in [4.78, 5) is 11.0. The highest BCUT2D eigenvalue weighted by Gasteiger charge is 2.19. The summed E-state index contributed by atoms with van der Waals surface area (Å²) in [6.07, 6.45) is 0. The second kappa shape index (κ2) is 3.80. The van der Waals surface area contributed by atoms with E-state index in [-0.39, 0.29) is 11.9 Å². The molecule has 1 aromatic carbocycles. The summed E-state index contributed by atoms with van der Waals surface area (Å²) in [5.74, 6) is 0.0786. The van der Waals surface area contributed by atoms with Crippen LogP contribution in [0.3, 0.4) is 0 Å². The van der Waals surface area contributed by atoms with Crippen LogP contribution in [0.4, 0.5) is 0 Å². The van der Waals surface area contributed by atoms with Gasteiger partial charge < -0.3 is 5.32 Å². The first-order valence-corrected chi connectivity index (χ1v) is 4.83. The fraction of sp³-hybridized carbons (Fsp3) is 0.364. The van der Waals surface area contributed by atoms with Crippen LogP contribution < -0.4 is 10.6 Å². The first-order chi connectivity index (χ1) is 6.77. The van der Waals surface area contributed by atoms with Crippen molar-refractivity contribution in [3.63, 3.8) is 0 Å². The largest absolute Gasteiger partial charge is 0.353 e. The van der Waals surface area contributed by atoms with Crippen molar-refractivity contribution in [2.45, 2.75) is 13.0 Å². The van der Waals surface area contributed by atoms with E-state index in [0.717, 1.165) is 0 Å². The highest BCUT2D eigenvalue weighted by Crippen LogP contribution is 2.17. The van der Waals surface area contributed by atoms with Crippen LogP contribution in [0.25, 0.3) is 0 Å². The Morgan fingerprint density at radius 1 is 1.36 bits per heavy atom. The molecule has 3 nitrogen and oxygen atoms in total. The minimum atomic E-state index is 0.0786. The van der Waals surface area contributed by atoms with Crippen molar-refractivity contribution in [3.05, 3.63) is 35.4 Å². The minimum absolute atomic E-state index is 0.0786. The smallest absolute Gasteiger partial charge is 0.234 e. The van der Waals surface area contributed by atoms with Gasteiger partial charge in [-0.3, -0.25) is 10.1 Å². The van der Waals surface area contributed by atoms with E-state index in [1.54, 1.807) is 0 Å². The summed E-state index contributed by atoms with van der Waals surface area (Å²) in [6, 6.07) is 8.51. The molecule has 1 saturated heterocycles. The number of nitrogens with one attached hydrogen (secondary N) is 2. The molecule has 0 radical (unpaired) electrons. The first kappa shape index (κ1) is 9.21. The first-order valence-electron chi connectivity index (χ1n) is 4.83. The van der Waals surface area contributed by atoms with Gasteiger partial charge in [-0.1, -0.05) is 24.3 Å². The van der Waals surface area contributed by atoms with Crippen molar-refractivity contribution in [2.24, 2.45) is 0 Å². The quantitative estimate of drug-likeness (QED) is 0.686. The van der Waals surface area contributed by atoms with E-state index < -0.39 is 0 Å². The summed E-state index contributed by atoms with van der Waals surface area (Å²) < 4.78 is 0. The average Bonchev–Trinajstić information content (AvgIpc) is 2.20. The lowest BCUT2D eigenvalue weighted by Crippen LogP contribution is -2.47. The van der Waals surface area contributed by atoms with Gasteiger partial charge in [-0.2, -0.15) is 0 Å². The Morgan fingerprint density at radius 3 is 2.79 bits per heavy atom. The van der Waals surface area contributed by atoms with Gasteiger partial charge in [-0.15, -0.1) is 0 Å². The van der Waals surface area contributed by atoms with Gasteiger partial charge in [-0.25, -0.2) is 0 Å². The van der Waals surface area contributed by atoms with Gasteiger partial charge in [0.05, 0.1) is 12.6 Å². The molecule has 1 fully saturated rings. The van der Waals surface area contributed by atoms with Gasteiger partial charge in [0, 0.05) is 6.54 Å². The van der Waals surface area contributed by atoms with Crippen LogP contribution in [0.15, 0.2) is 24.3 Å². The monoisotopic (exact) mass is 190 g/mol. The number of hydrogen-bond donors (Lipinski definition) is 2. The summed E-state index contributed by atoms with van der Waals surface area (Å²) in [6.45, 7) is 3.19. The third-order valence-electron chi connectivity index (χ3n) is 2.58. The molecule has 1 amide bonds. The Balaban J connectivity index is 2.16. The zero-order chi connectivity index (χ0) is 9.97. The van der Waals surface area contributed by atoms with Crippen LogP contribution in [-0.4, -0.2) is 19.0 Å². The molecule has 2 rings (SSSR count). The SMILES string of the molecule is Cc1ccccc1C1CNC(=O)CN1. The van der Waals surface area contributed by atoms with E-state index in [4.69, 9.17) is 0 Å². The molecule has 0 spiro atoms. The van der Waals surface area contributed by atoms with Crippen molar-refractivity contribution >= 4 is 5.91 Å². The molecule has 74 valence electrons. The average molecular weight is 190 g/mol. The Labute approximate surface area is 83.5 Å². The maximum absolute atomic E-state index is 11.0. The molecule has 0 bridgehead atoms. The highest BCUT2D eigenvalue weighted by atomic mass is 16.2. The molecule has 1 unspecified atom stereocenters. The number of amides is 1.